The number of hydrogen-bond acceptors (Lipinski definition) is 0. The molecule has 246 valence electrons. The average Bonchev–Trinajstić information content (AvgIpc) is 3.09. The normalized spacial score (nSPS) is 10.7. The Hall–Kier alpha value is -3.22. The second-order valence-corrected chi connectivity index (χ2v) is 13.3. The molecule has 0 heteroatoms. The van der Waals surface area contributed by atoms with Gasteiger partial charge in [0.15, 0.2) is 0 Å². The van der Waals surface area contributed by atoms with E-state index in [-0.39, 0.29) is 0 Å². The molecule has 0 spiro atoms. The molecule has 0 unspecified atom stereocenters. The summed E-state index contributed by atoms with van der Waals surface area (Å²) in [6.45, 7) is 4.59. The Kier molecular flexibility index (Phi) is 20.2. The molecule has 0 fully saturated rings. The summed E-state index contributed by atoms with van der Waals surface area (Å²) in [7, 11) is 0. The Bertz CT molecular complexity index is 1200. The van der Waals surface area contributed by atoms with Gasteiger partial charge >= 0.3 is 0 Å². The van der Waals surface area contributed by atoms with E-state index in [0.29, 0.717) is 0 Å². The summed E-state index contributed by atoms with van der Waals surface area (Å²) in [5, 5.41) is 0. The van der Waals surface area contributed by atoms with Gasteiger partial charge in [-0.1, -0.05) is 190 Å². The predicted molar refractivity (Wildman–Crippen MR) is 202 cm³/mol. The van der Waals surface area contributed by atoms with Crippen LogP contribution in [0.5, 0.6) is 0 Å². The first-order valence-electron chi connectivity index (χ1n) is 19.1. The van der Waals surface area contributed by atoms with Crippen LogP contribution in [0, 0.1) is 23.7 Å². The van der Waals surface area contributed by atoms with Gasteiger partial charge in [0.05, 0.1) is 0 Å². The second kappa shape index (κ2) is 24.9. The van der Waals surface area contributed by atoms with Crippen LogP contribution in [0.4, 0.5) is 0 Å². The zero-order chi connectivity index (χ0) is 32.3. The first-order chi connectivity index (χ1) is 22.8. The van der Waals surface area contributed by atoms with E-state index < -0.39 is 0 Å². The third-order valence-electron chi connectivity index (χ3n) is 9.16. The van der Waals surface area contributed by atoms with Crippen LogP contribution in [0.3, 0.4) is 0 Å². The van der Waals surface area contributed by atoms with E-state index in [4.69, 9.17) is 0 Å². The fraction of sp³-hybridized carbons (Fsp3) is 0.522. The number of benzene rings is 3. The lowest BCUT2D eigenvalue weighted by Gasteiger charge is -2.12. The lowest BCUT2D eigenvalue weighted by molar-refractivity contribution is 0.555. The van der Waals surface area contributed by atoms with Crippen molar-refractivity contribution in [3.05, 3.63) is 106 Å². The molecule has 0 atom stereocenters. The van der Waals surface area contributed by atoms with Gasteiger partial charge in [-0.25, -0.2) is 0 Å². The Balaban J connectivity index is 1.69. The number of hydrogen-bond donors (Lipinski definition) is 0. The molecule has 3 rings (SSSR count). The van der Waals surface area contributed by atoms with Gasteiger partial charge < -0.3 is 0 Å². The van der Waals surface area contributed by atoms with Gasteiger partial charge in [-0.3, -0.25) is 0 Å². The molecule has 0 aliphatic carbocycles. The molecule has 46 heavy (non-hydrogen) atoms. The third kappa shape index (κ3) is 16.4. The quantitative estimate of drug-likeness (QED) is 0.0780. The summed E-state index contributed by atoms with van der Waals surface area (Å²) < 4.78 is 0. The van der Waals surface area contributed by atoms with Crippen molar-refractivity contribution in [2.24, 2.45) is 0 Å². The fourth-order valence-electron chi connectivity index (χ4n) is 6.26. The second-order valence-electron chi connectivity index (χ2n) is 13.3. The van der Waals surface area contributed by atoms with Gasteiger partial charge in [0.25, 0.3) is 0 Å². The average molecular weight is 615 g/mol. The maximum atomic E-state index is 3.60. The lowest BCUT2D eigenvalue weighted by Crippen LogP contribution is -1.99. The molecular weight excluding hydrogens is 553 g/mol. The molecule has 0 aromatic heterocycles. The van der Waals surface area contributed by atoms with E-state index in [1.54, 1.807) is 0 Å². The highest BCUT2D eigenvalue weighted by Crippen LogP contribution is 2.22. The van der Waals surface area contributed by atoms with Crippen LogP contribution in [0.2, 0.25) is 0 Å². The first-order valence-corrected chi connectivity index (χ1v) is 19.1. The molecule has 0 amide bonds. The van der Waals surface area contributed by atoms with Gasteiger partial charge in [0.2, 0.25) is 0 Å². The Labute approximate surface area is 284 Å². The number of aryl methyl sites for hydroxylation is 2. The topological polar surface area (TPSA) is 0 Å². The lowest BCUT2D eigenvalue weighted by atomic mass is 9.92. The van der Waals surface area contributed by atoms with E-state index in [0.717, 1.165) is 24.0 Å². The third-order valence-corrected chi connectivity index (χ3v) is 9.16. The molecule has 0 heterocycles. The van der Waals surface area contributed by atoms with E-state index >= 15 is 0 Å². The summed E-state index contributed by atoms with van der Waals surface area (Å²) in [5.74, 6) is 14.1. The van der Waals surface area contributed by atoms with Crippen LogP contribution in [-0.4, -0.2) is 0 Å². The molecule has 0 N–H and O–H groups in total. The monoisotopic (exact) mass is 614 g/mol. The Morgan fingerprint density at radius 2 is 0.652 bits per heavy atom. The minimum absolute atomic E-state index is 1.08. The van der Waals surface area contributed by atoms with Gasteiger partial charge in [-0.15, -0.1) is 0 Å². The van der Waals surface area contributed by atoms with Gasteiger partial charge in [0.1, 0.15) is 0 Å². The molecule has 0 nitrogen and oxygen atoms in total. The first kappa shape index (κ1) is 37.2. The van der Waals surface area contributed by atoms with Crippen LogP contribution < -0.4 is 0 Å². The van der Waals surface area contributed by atoms with Crippen LogP contribution in [0.25, 0.3) is 0 Å². The van der Waals surface area contributed by atoms with Crippen LogP contribution in [-0.2, 0) is 12.8 Å². The van der Waals surface area contributed by atoms with Crippen molar-refractivity contribution in [2.75, 3.05) is 0 Å². The zero-order valence-corrected chi connectivity index (χ0v) is 29.5. The van der Waals surface area contributed by atoms with E-state index in [9.17, 15) is 0 Å². The smallest absolute Gasteiger partial charge is 0.0284 e. The highest BCUT2D eigenvalue weighted by molar-refractivity contribution is 5.55. The summed E-state index contributed by atoms with van der Waals surface area (Å²) in [5.41, 5.74) is 7.30. The number of rotatable bonds is 22. The minimum atomic E-state index is 1.08. The van der Waals surface area contributed by atoms with Crippen LogP contribution in [0.1, 0.15) is 176 Å². The standard InChI is InChI=1S/C46H62/c1-3-5-7-9-11-13-15-17-19-27-33-43-39-46(38-36-42-31-25-22-26-32-42)44(34-28-20-18-16-14-12-10-8-6-4-2)40-45(43)37-35-41-29-23-21-24-30-41/h21-26,29-32,39-40H,3-20,27-28,33-34H2,1-2H3. The van der Waals surface area contributed by atoms with Crippen molar-refractivity contribution in [3.63, 3.8) is 0 Å². The van der Waals surface area contributed by atoms with Gasteiger partial charge in [-0.2, -0.15) is 0 Å². The summed E-state index contributed by atoms with van der Waals surface area (Å²) in [4.78, 5) is 0. The molecule has 0 radical (unpaired) electrons. The molecular formula is C46H62. The van der Waals surface area contributed by atoms with Gasteiger partial charge in [-0.05, 0) is 73.2 Å². The Morgan fingerprint density at radius 3 is 0.978 bits per heavy atom. The van der Waals surface area contributed by atoms with Crippen molar-refractivity contribution in [3.8, 4) is 23.7 Å². The van der Waals surface area contributed by atoms with E-state index in [1.807, 2.05) is 0 Å². The number of unbranched alkanes of at least 4 members (excludes halogenated alkanes) is 18. The minimum Gasteiger partial charge on any atom is -0.0654 e. The summed E-state index contributed by atoms with van der Waals surface area (Å²) >= 11 is 0. The summed E-state index contributed by atoms with van der Waals surface area (Å²) in [6.07, 6.45) is 29.3. The van der Waals surface area contributed by atoms with E-state index in [1.165, 1.54) is 151 Å². The maximum absolute atomic E-state index is 3.60. The molecule has 0 saturated carbocycles. The highest BCUT2D eigenvalue weighted by atomic mass is 14.1. The molecule has 0 saturated heterocycles. The van der Waals surface area contributed by atoms with Crippen molar-refractivity contribution in [1.82, 2.24) is 0 Å². The van der Waals surface area contributed by atoms with Crippen LogP contribution >= 0.6 is 0 Å². The van der Waals surface area contributed by atoms with Crippen molar-refractivity contribution < 1.29 is 0 Å². The van der Waals surface area contributed by atoms with Crippen molar-refractivity contribution >= 4 is 0 Å². The van der Waals surface area contributed by atoms with Crippen molar-refractivity contribution in [1.29, 1.82) is 0 Å². The zero-order valence-electron chi connectivity index (χ0n) is 29.5. The molecule has 3 aromatic rings. The van der Waals surface area contributed by atoms with Gasteiger partial charge in [0, 0.05) is 22.3 Å². The SMILES string of the molecule is CCCCCCCCCCCCc1cc(C#Cc2ccccc2)c(CCCCCCCCCCCC)cc1C#Cc1ccccc1. The molecule has 0 aliphatic heterocycles. The Morgan fingerprint density at radius 1 is 0.348 bits per heavy atom. The summed E-state index contributed by atoms with van der Waals surface area (Å²) in [6, 6.07) is 25.7. The molecule has 0 aliphatic rings. The van der Waals surface area contributed by atoms with E-state index in [2.05, 4.69) is 110 Å². The van der Waals surface area contributed by atoms with Crippen LogP contribution in [0.15, 0.2) is 72.8 Å². The maximum Gasteiger partial charge on any atom is 0.0284 e. The molecule has 0 bridgehead atoms. The highest BCUT2D eigenvalue weighted by Gasteiger charge is 2.09. The largest absolute Gasteiger partial charge is 0.0654 e. The fourth-order valence-corrected chi connectivity index (χ4v) is 6.26. The van der Waals surface area contributed by atoms with Crippen molar-refractivity contribution in [2.45, 2.75) is 155 Å². The predicted octanol–water partition coefficient (Wildman–Crippen LogP) is 13.4. The molecule has 3 aromatic carbocycles.